The van der Waals surface area contributed by atoms with Crippen LogP contribution in [0.4, 0.5) is 51.2 Å². The molecule has 1 aliphatic rings. The molecule has 2 aromatic heterocycles. The van der Waals surface area contributed by atoms with Crippen LogP contribution in [-0.2, 0) is 0 Å². The molecule has 8 nitrogen and oxygen atoms in total. The van der Waals surface area contributed by atoms with Gasteiger partial charge in [-0.2, -0.15) is 0 Å². The van der Waals surface area contributed by atoms with Gasteiger partial charge in [0.1, 0.15) is 28.0 Å². The summed E-state index contributed by atoms with van der Waals surface area (Å²) in [6.07, 6.45) is 0. The molecule has 8 heteroatoms. The van der Waals surface area contributed by atoms with Crippen LogP contribution in [0.1, 0.15) is 0 Å². The summed E-state index contributed by atoms with van der Waals surface area (Å²) >= 11 is 0. The molecule has 72 heavy (non-hydrogen) atoms. The van der Waals surface area contributed by atoms with Gasteiger partial charge in [0.25, 0.3) is 5.69 Å². The lowest BCUT2D eigenvalue weighted by Gasteiger charge is -2.35. The number of fused-ring (bicyclic) bond motifs is 14. The molecule has 0 radical (unpaired) electrons. The van der Waals surface area contributed by atoms with E-state index < -0.39 is 0 Å². The fraction of sp³-hybridized carbons (Fsp3) is 0. The maximum absolute atomic E-state index is 12.4. The second-order valence-corrected chi connectivity index (χ2v) is 18.2. The molecule has 0 bridgehead atoms. The van der Waals surface area contributed by atoms with Crippen molar-refractivity contribution in [3.63, 3.8) is 0 Å². The van der Waals surface area contributed by atoms with Crippen LogP contribution >= 0.6 is 0 Å². The highest BCUT2D eigenvalue weighted by Crippen LogP contribution is 2.53. The quantitative estimate of drug-likeness (QED) is 0.136. The number of nitro groups is 1. The number of hydrogen-bond acceptors (Lipinski definition) is 7. The monoisotopic (exact) mass is 928 g/mol. The predicted octanol–water partition coefficient (Wildman–Crippen LogP) is 18.7. The Morgan fingerprint density at radius 1 is 0.417 bits per heavy atom. The van der Waals surface area contributed by atoms with Crippen molar-refractivity contribution in [3.05, 3.63) is 247 Å². The number of nitro benzene ring substituents is 1. The average molecular weight is 929 g/mol. The minimum atomic E-state index is -0.304. The summed E-state index contributed by atoms with van der Waals surface area (Å²) < 4.78 is 12.2. The van der Waals surface area contributed by atoms with Gasteiger partial charge in [-0.3, -0.25) is 10.1 Å². The van der Waals surface area contributed by atoms with Crippen LogP contribution in [0, 0.1) is 10.1 Å². The first-order valence-corrected chi connectivity index (χ1v) is 23.9. The number of para-hydroxylation sites is 2. The second-order valence-electron chi connectivity index (χ2n) is 18.2. The number of benzene rings is 12. The minimum Gasteiger partial charge on any atom is -0.456 e. The lowest BCUT2D eigenvalue weighted by Crippen LogP contribution is -2.18. The predicted molar refractivity (Wildman–Crippen MR) is 297 cm³/mol. The van der Waals surface area contributed by atoms with E-state index in [0.29, 0.717) is 5.69 Å². The lowest BCUT2D eigenvalue weighted by molar-refractivity contribution is -0.383. The van der Waals surface area contributed by atoms with Gasteiger partial charge in [0.2, 0.25) is 0 Å². The Morgan fingerprint density at radius 3 is 1.64 bits per heavy atom. The number of furan rings is 2. The maximum atomic E-state index is 12.4. The molecule has 3 heterocycles. The number of rotatable bonds is 5. The molecule has 0 atom stereocenters. The Balaban J connectivity index is 0.000000134. The van der Waals surface area contributed by atoms with Crippen molar-refractivity contribution >= 4 is 138 Å². The summed E-state index contributed by atoms with van der Waals surface area (Å²) in [5, 5.41) is 29.1. The highest BCUT2D eigenvalue weighted by molar-refractivity contribution is 6.16. The zero-order valence-electron chi connectivity index (χ0n) is 38.5. The van der Waals surface area contributed by atoms with E-state index in [2.05, 4.69) is 144 Å². The van der Waals surface area contributed by atoms with E-state index in [1.54, 1.807) is 6.07 Å². The molecular formula is C64H40N4O4. The van der Waals surface area contributed by atoms with E-state index in [1.165, 1.54) is 21.5 Å². The smallest absolute Gasteiger partial charge is 0.293 e. The first-order valence-electron chi connectivity index (χ1n) is 23.9. The van der Waals surface area contributed by atoms with Crippen LogP contribution in [0.3, 0.4) is 0 Å². The van der Waals surface area contributed by atoms with Crippen molar-refractivity contribution in [2.24, 2.45) is 0 Å². The summed E-state index contributed by atoms with van der Waals surface area (Å²) in [4.78, 5) is 16.4. The zero-order valence-corrected chi connectivity index (χ0v) is 38.5. The van der Waals surface area contributed by atoms with Crippen molar-refractivity contribution in [1.82, 2.24) is 0 Å². The molecular weight excluding hydrogens is 889 g/mol. The van der Waals surface area contributed by atoms with Gasteiger partial charge in [0.05, 0.1) is 27.7 Å². The molecule has 0 aliphatic carbocycles. The van der Waals surface area contributed by atoms with Crippen LogP contribution in [0.25, 0.3) is 87.0 Å². The Labute approximate surface area is 411 Å². The zero-order chi connectivity index (χ0) is 47.9. The number of nitrogens with one attached hydrogen (secondary N) is 1. The van der Waals surface area contributed by atoms with Gasteiger partial charge in [-0.25, -0.2) is 0 Å². The molecule has 1 aliphatic heterocycles. The first-order chi connectivity index (χ1) is 35.5. The van der Waals surface area contributed by atoms with Gasteiger partial charge in [0, 0.05) is 60.8 Å². The van der Waals surface area contributed by atoms with E-state index in [9.17, 15) is 10.1 Å². The van der Waals surface area contributed by atoms with E-state index in [1.807, 2.05) is 102 Å². The van der Waals surface area contributed by atoms with E-state index in [4.69, 9.17) is 8.83 Å². The summed E-state index contributed by atoms with van der Waals surface area (Å²) in [6, 6.07) is 80.1. The van der Waals surface area contributed by atoms with Crippen molar-refractivity contribution in [1.29, 1.82) is 0 Å². The summed E-state index contributed by atoms with van der Waals surface area (Å²) in [7, 11) is 0. The van der Waals surface area contributed by atoms with Crippen molar-refractivity contribution in [3.8, 4) is 0 Å². The van der Waals surface area contributed by atoms with Gasteiger partial charge in [-0.1, -0.05) is 152 Å². The standard InChI is InChI=1S/C32H20N2O3.C32H20N2O/c35-34(36)29-17-14-22-8-3-4-10-26(22)32(29)33(24-15-13-21-7-1-2-9-23(21)19-24)25-16-18-31-28(20-25)27-11-5-6-12-30(27)37-31;1-3-9-23-20(7-1)14-17-28-31(23)33-27-16-13-21-8-2-4-10-24(21)32(27)34(28)22-15-18-30-26(19-22)25-11-5-6-12-29(25)35-30/h1-20H;1-19,33H. The number of nitrogens with zero attached hydrogens (tertiary/aromatic N) is 3. The molecule has 1 N–H and O–H groups in total. The highest BCUT2D eigenvalue weighted by atomic mass is 16.6. The molecule has 0 saturated carbocycles. The van der Waals surface area contributed by atoms with Gasteiger partial charge in [-0.05, 0) is 106 Å². The average Bonchev–Trinajstić information content (AvgIpc) is 4.00. The highest BCUT2D eigenvalue weighted by Gasteiger charge is 2.29. The van der Waals surface area contributed by atoms with E-state index in [-0.39, 0.29) is 10.6 Å². The van der Waals surface area contributed by atoms with Crippen LogP contribution in [-0.4, -0.2) is 4.92 Å². The molecule has 0 spiro atoms. The van der Waals surface area contributed by atoms with E-state index in [0.717, 1.165) is 105 Å². The fourth-order valence-electron chi connectivity index (χ4n) is 10.8. The van der Waals surface area contributed by atoms with Gasteiger partial charge >= 0.3 is 0 Å². The Kier molecular flexibility index (Phi) is 9.34. The third-order valence-corrected chi connectivity index (χ3v) is 14.1. The van der Waals surface area contributed by atoms with Crippen LogP contribution in [0.15, 0.2) is 245 Å². The first kappa shape index (κ1) is 41.1. The molecule has 0 unspecified atom stereocenters. The topological polar surface area (TPSA) is 87.9 Å². The van der Waals surface area contributed by atoms with Crippen LogP contribution in [0.5, 0.6) is 0 Å². The third kappa shape index (κ3) is 6.61. The van der Waals surface area contributed by atoms with Crippen molar-refractivity contribution < 1.29 is 13.8 Å². The fourth-order valence-corrected chi connectivity index (χ4v) is 10.8. The minimum absolute atomic E-state index is 0.0454. The number of hydrogen-bond donors (Lipinski definition) is 1. The second kappa shape index (κ2) is 16.4. The van der Waals surface area contributed by atoms with Gasteiger partial charge < -0.3 is 24.0 Å². The van der Waals surface area contributed by atoms with Crippen LogP contribution in [0.2, 0.25) is 0 Å². The SMILES string of the molecule is O=[N+]([O-])c1ccc2ccccc2c1N(c1ccc2ccccc2c1)c1ccc2oc3ccccc3c2c1.c1ccc2c3c(ccc2c1)N(c1ccc2oc4ccccc4c2c1)c1c(ccc2ccccc12)N3. The summed E-state index contributed by atoms with van der Waals surface area (Å²) in [5.41, 5.74) is 11.3. The summed E-state index contributed by atoms with van der Waals surface area (Å²) in [6.45, 7) is 0. The largest absolute Gasteiger partial charge is 0.456 e. The number of anilines is 8. The normalized spacial score (nSPS) is 12.1. The Hall–Kier alpha value is -9.92. The van der Waals surface area contributed by atoms with Crippen molar-refractivity contribution in [2.45, 2.75) is 0 Å². The maximum Gasteiger partial charge on any atom is 0.293 e. The Morgan fingerprint density at radius 2 is 0.917 bits per heavy atom. The molecule has 340 valence electrons. The molecule has 15 rings (SSSR count). The Bertz CT molecular complexity index is 4520. The van der Waals surface area contributed by atoms with Gasteiger partial charge in [-0.15, -0.1) is 0 Å². The molecule has 0 fully saturated rings. The third-order valence-electron chi connectivity index (χ3n) is 14.1. The van der Waals surface area contributed by atoms with Gasteiger partial charge in [0.15, 0.2) is 0 Å². The molecule has 0 saturated heterocycles. The molecule has 0 amide bonds. The lowest BCUT2D eigenvalue weighted by atomic mass is 9.98. The summed E-state index contributed by atoms with van der Waals surface area (Å²) in [5.74, 6) is 0. The molecule has 14 aromatic rings. The van der Waals surface area contributed by atoms with Crippen LogP contribution < -0.4 is 15.1 Å². The van der Waals surface area contributed by atoms with Crippen molar-refractivity contribution in [2.75, 3.05) is 15.1 Å². The van der Waals surface area contributed by atoms with E-state index >= 15 is 0 Å². The molecule has 12 aromatic carbocycles.